The summed E-state index contributed by atoms with van der Waals surface area (Å²) in [6, 6.07) is 32.2. The largest absolute Gasteiger partial charge is 0.147 e. The zero-order valence-electron chi connectivity index (χ0n) is 28.5. The Morgan fingerprint density at radius 3 is 1.87 bits per heavy atom. The Morgan fingerprint density at radius 2 is 1.27 bits per heavy atom. The van der Waals surface area contributed by atoms with Crippen molar-refractivity contribution in [1.82, 2.24) is 0 Å². The third-order valence-electron chi connectivity index (χ3n) is 10.4. The van der Waals surface area contributed by atoms with Gasteiger partial charge in [0.15, 0.2) is 0 Å². The molecule has 0 nitrogen and oxygen atoms in total. The van der Waals surface area contributed by atoms with Crippen LogP contribution in [0.5, 0.6) is 0 Å². The molecule has 0 fully saturated rings. The van der Waals surface area contributed by atoms with E-state index in [1.165, 1.54) is 44.5 Å². The molecule has 0 aliphatic heterocycles. The number of hydrogen-bond acceptors (Lipinski definition) is 0. The summed E-state index contributed by atoms with van der Waals surface area (Å²) in [6.45, 7) is 19.0. The number of allylic oxidation sites excluding steroid dienone is 2. The Labute approximate surface area is 287 Å². The number of benzene rings is 4. The second-order valence-corrected chi connectivity index (χ2v) is 46.2. The van der Waals surface area contributed by atoms with E-state index in [2.05, 4.69) is 162 Å². The zero-order chi connectivity index (χ0) is 30.9. The average molecular weight is 733 g/mol. The molecule has 0 spiro atoms. The maximum Gasteiger partial charge on any atom is -0.147 e. The maximum absolute atomic E-state index is 3.67. The van der Waals surface area contributed by atoms with Crippen molar-refractivity contribution in [2.24, 2.45) is 5.92 Å². The normalized spacial score (nSPS) is 17.6. The van der Waals surface area contributed by atoms with Crippen molar-refractivity contribution in [3.63, 3.8) is 0 Å². The Balaban J connectivity index is 0.00000230. The van der Waals surface area contributed by atoms with E-state index in [4.69, 9.17) is 0 Å². The molecule has 0 saturated heterocycles. The second kappa shape index (κ2) is 12.6. The number of rotatable bonds is 5. The van der Waals surface area contributed by atoms with E-state index in [0.29, 0.717) is 13.2 Å². The van der Waals surface area contributed by atoms with Gasteiger partial charge in [-0.25, -0.2) is 0 Å². The molecule has 45 heavy (non-hydrogen) atoms. The zero-order valence-corrected chi connectivity index (χ0v) is 34.0. The minimum absolute atomic E-state index is 0. The van der Waals surface area contributed by atoms with Gasteiger partial charge in [-0.15, -0.1) is 24.8 Å². The van der Waals surface area contributed by atoms with Crippen LogP contribution in [0.1, 0.15) is 82.2 Å². The van der Waals surface area contributed by atoms with Crippen LogP contribution < -0.4 is 0 Å². The summed E-state index contributed by atoms with van der Waals surface area (Å²) >= 11 is -3.67. The molecule has 0 N–H and O–H groups in total. The summed E-state index contributed by atoms with van der Waals surface area (Å²) in [6.07, 6.45) is 5.15. The van der Waals surface area contributed by atoms with E-state index in [0.717, 1.165) is 0 Å². The molecular formula is C41H50Cl2SiZr. The van der Waals surface area contributed by atoms with Gasteiger partial charge >= 0.3 is 264 Å². The standard InChI is InChI=1S/C22H25.C17H15.2CH3.2ClH.H2Si.Zr/c1-15(2)18-13-17-7-6-8-20(21(17)14-18)16-9-11-19(12-10-16)22(3,4)5;1-12-10-16-13(2)8-9-15(17(16)11-12)14-6-4-3-5-7-14;;;;;;/h6-15H,1-5H3;3-11H,1-2H3;2*1H3;2*1H;1H2;. The quantitative estimate of drug-likeness (QED) is 0.179. The van der Waals surface area contributed by atoms with Gasteiger partial charge in [0.25, 0.3) is 0 Å². The topological polar surface area (TPSA) is 0 Å². The molecule has 4 aromatic rings. The van der Waals surface area contributed by atoms with Crippen LogP contribution in [0.4, 0.5) is 0 Å². The van der Waals surface area contributed by atoms with Gasteiger partial charge in [0.1, 0.15) is 0 Å². The van der Waals surface area contributed by atoms with Crippen molar-refractivity contribution in [1.29, 1.82) is 0 Å². The first-order chi connectivity index (χ1) is 20.2. The van der Waals surface area contributed by atoms with Crippen molar-refractivity contribution in [2.45, 2.75) is 70.4 Å². The summed E-state index contributed by atoms with van der Waals surface area (Å²) in [5, 5.41) is 0. The molecule has 0 aromatic heterocycles. The van der Waals surface area contributed by atoms with Crippen molar-refractivity contribution >= 4 is 43.8 Å². The minimum atomic E-state index is -3.67. The number of fused-ring (bicyclic) bond motifs is 2. The van der Waals surface area contributed by atoms with E-state index in [1.54, 1.807) is 22.3 Å². The number of aryl methyl sites for hydroxylation is 1. The SMILES string of the molecule is CC1=Cc2c(-c3ccccc3)ccc(C)c2[CH]1[Zr]([CH3])([CH3])(=[SiH2])[CH]1C(C(C)C)=Cc2c(-c3ccc(C(C)(C)C)cc3)cccc21.Cl.Cl. The monoisotopic (exact) mass is 730 g/mol. The second-order valence-electron chi connectivity index (χ2n) is 15.7. The van der Waals surface area contributed by atoms with E-state index >= 15 is 0 Å². The summed E-state index contributed by atoms with van der Waals surface area (Å²) < 4.78 is 6.58. The molecule has 0 heterocycles. The summed E-state index contributed by atoms with van der Waals surface area (Å²) in [5.74, 6) is 0.507. The van der Waals surface area contributed by atoms with Gasteiger partial charge in [-0.1, -0.05) is 0 Å². The predicted octanol–water partition coefficient (Wildman–Crippen LogP) is 12.1. The molecule has 4 aromatic carbocycles. The molecule has 0 saturated carbocycles. The molecule has 2 unspecified atom stereocenters. The third kappa shape index (κ3) is 6.11. The average Bonchev–Trinajstić information content (AvgIpc) is 3.53. The van der Waals surface area contributed by atoms with E-state index < -0.39 is 17.4 Å². The first kappa shape index (κ1) is 35.9. The van der Waals surface area contributed by atoms with Crippen molar-refractivity contribution in [2.75, 3.05) is 0 Å². The first-order valence-corrected chi connectivity index (χ1v) is 29.7. The number of hydrogen-bond donors (Lipinski definition) is 0. The fourth-order valence-corrected chi connectivity index (χ4v) is 29.1. The smallest absolute Gasteiger partial charge is 0.147 e. The molecule has 0 amide bonds. The summed E-state index contributed by atoms with van der Waals surface area (Å²) in [4.78, 5) is 0. The first-order valence-electron chi connectivity index (χ1n) is 16.1. The van der Waals surface area contributed by atoms with Crippen LogP contribution in [-0.4, -0.2) is 6.88 Å². The van der Waals surface area contributed by atoms with Gasteiger partial charge in [-0.2, -0.15) is 0 Å². The van der Waals surface area contributed by atoms with E-state index in [9.17, 15) is 0 Å². The van der Waals surface area contributed by atoms with Crippen LogP contribution in [0.3, 0.4) is 0 Å². The van der Waals surface area contributed by atoms with Crippen molar-refractivity contribution < 1.29 is 17.4 Å². The van der Waals surface area contributed by atoms with Gasteiger partial charge in [-0.3, -0.25) is 0 Å². The molecule has 0 radical (unpaired) electrons. The molecule has 236 valence electrons. The van der Waals surface area contributed by atoms with Crippen LogP contribution in [0, 0.1) is 12.8 Å². The molecular weight excluding hydrogens is 683 g/mol. The van der Waals surface area contributed by atoms with Crippen LogP contribution >= 0.6 is 24.8 Å². The fourth-order valence-electron chi connectivity index (χ4n) is 8.47. The van der Waals surface area contributed by atoms with Crippen LogP contribution in [0.15, 0.2) is 96.1 Å². The van der Waals surface area contributed by atoms with E-state index in [1.807, 2.05) is 0 Å². The molecule has 2 atom stereocenters. The summed E-state index contributed by atoms with van der Waals surface area (Å²) in [7, 11) is 0. The molecule has 2 aliphatic carbocycles. The van der Waals surface area contributed by atoms with Gasteiger partial charge in [-0.05, 0) is 0 Å². The van der Waals surface area contributed by atoms with Crippen LogP contribution in [-0.2, 0) is 22.8 Å². The van der Waals surface area contributed by atoms with Gasteiger partial charge in [0, 0.05) is 0 Å². The minimum Gasteiger partial charge on any atom is -0.147 e. The molecule has 0 bridgehead atoms. The number of halogens is 2. The van der Waals surface area contributed by atoms with Crippen molar-refractivity contribution in [3.8, 4) is 22.3 Å². The van der Waals surface area contributed by atoms with Gasteiger partial charge in [0.05, 0.1) is 0 Å². The Kier molecular flexibility index (Phi) is 10.0. The van der Waals surface area contributed by atoms with Crippen LogP contribution in [0.25, 0.3) is 34.4 Å². The Bertz CT molecular complexity index is 1870. The molecule has 2 aliphatic rings. The fraction of sp³-hybridized carbons (Fsp3) is 0.317. The van der Waals surface area contributed by atoms with Gasteiger partial charge in [0.2, 0.25) is 0 Å². The van der Waals surface area contributed by atoms with Gasteiger partial charge < -0.3 is 0 Å². The van der Waals surface area contributed by atoms with Crippen LogP contribution in [0.2, 0.25) is 9.26 Å². The van der Waals surface area contributed by atoms with E-state index in [-0.39, 0.29) is 30.2 Å². The van der Waals surface area contributed by atoms with Crippen molar-refractivity contribution in [3.05, 3.63) is 129 Å². The summed E-state index contributed by atoms with van der Waals surface area (Å²) in [5.41, 5.74) is 17.7. The Morgan fingerprint density at radius 1 is 0.667 bits per heavy atom. The molecule has 4 heteroatoms. The Hall–Kier alpha value is -1.96. The maximum atomic E-state index is 2.77. The predicted molar refractivity (Wildman–Crippen MR) is 204 cm³/mol. The molecule has 6 rings (SSSR count). The third-order valence-corrected chi connectivity index (χ3v) is 28.0.